The van der Waals surface area contributed by atoms with E-state index in [2.05, 4.69) is 4.74 Å². The molecule has 1 rings (SSSR count). The number of rotatable bonds is 6. The maximum atomic E-state index is 12.6. The lowest BCUT2D eigenvalue weighted by Crippen LogP contribution is -2.41. The third kappa shape index (κ3) is 3.49. The number of hydrogen-bond donors (Lipinski definition) is 0. The zero-order chi connectivity index (χ0) is 15.3. The topological polar surface area (TPSA) is 72.9 Å². The van der Waals surface area contributed by atoms with E-state index in [1.54, 1.807) is 32.0 Å². The molecular formula is C13H19NO5S. The fraction of sp³-hybridized carbons (Fsp3) is 0.462. The number of carbonyl (C=O) groups excluding carboxylic acids is 1. The average Bonchev–Trinajstić information content (AvgIpc) is 2.43. The summed E-state index contributed by atoms with van der Waals surface area (Å²) in [6, 6.07) is 5.90. The molecule has 0 aliphatic carbocycles. The molecule has 0 aliphatic heterocycles. The Bertz CT molecular complexity index is 568. The second-order valence-electron chi connectivity index (χ2n) is 4.37. The second-order valence-corrected chi connectivity index (χ2v) is 6.23. The number of para-hydroxylation sites is 1. The number of carbonyl (C=O) groups is 1. The first-order valence-corrected chi connectivity index (χ1v) is 7.50. The summed E-state index contributed by atoms with van der Waals surface area (Å²) in [5.74, 6) is -0.375. The molecule has 7 heteroatoms. The standard InChI is InChI=1S/C13H19NO5S/c1-10(2)14(9-13(15)19-4)20(16,17)12-8-6-5-7-11(12)18-3/h5-8,10H,9H2,1-4H3. The molecule has 0 radical (unpaired) electrons. The molecule has 0 spiro atoms. The van der Waals surface area contributed by atoms with Crippen LogP contribution in [0.25, 0.3) is 0 Å². The van der Waals surface area contributed by atoms with Crippen LogP contribution in [0, 0.1) is 0 Å². The summed E-state index contributed by atoms with van der Waals surface area (Å²) >= 11 is 0. The molecule has 20 heavy (non-hydrogen) atoms. The lowest BCUT2D eigenvalue weighted by molar-refractivity contribution is -0.141. The summed E-state index contributed by atoms with van der Waals surface area (Å²) in [5.41, 5.74) is 0. The van der Waals surface area contributed by atoms with Gasteiger partial charge in [-0.15, -0.1) is 0 Å². The highest BCUT2D eigenvalue weighted by molar-refractivity contribution is 7.89. The lowest BCUT2D eigenvalue weighted by atomic mass is 10.3. The molecule has 0 saturated carbocycles. The molecule has 0 amide bonds. The largest absolute Gasteiger partial charge is 0.495 e. The van der Waals surface area contributed by atoms with Gasteiger partial charge in [-0.25, -0.2) is 8.42 Å². The molecule has 0 bridgehead atoms. The first-order valence-electron chi connectivity index (χ1n) is 6.06. The minimum atomic E-state index is -3.84. The van der Waals surface area contributed by atoms with Gasteiger partial charge in [0.25, 0.3) is 0 Å². The molecule has 0 heterocycles. The Kier molecular flexibility index (Phi) is 5.52. The van der Waals surface area contributed by atoms with Gasteiger partial charge in [-0.2, -0.15) is 4.31 Å². The minimum Gasteiger partial charge on any atom is -0.495 e. The first kappa shape index (κ1) is 16.5. The van der Waals surface area contributed by atoms with Crippen LogP contribution in [0.15, 0.2) is 29.2 Å². The van der Waals surface area contributed by atoms with Crippen molar-refractivity contribution in [1.82, 2.24) is 4.31 Å². The fourth-order valence-electron chi connectivity index (χ4n) is 1.70. The van der Waals surface area contributed by atoms with Crippen LogP contribution in [0.3, 0.4) is 0 Å². The highest BCUT2D eigenvalue weighted by atomic mass is 32.2. The van der Waals surface area contributed by atoms with Crippen molar-refractivity contribution in [2.24, 2.45) is 0 Å². The quantitative estimate of drug-likeness (QED) is 0.740. The van der Waals surface area contributed by atoms with Crippen LogP contribution in [0.1, 0.15) is 13.8 Å². The Labute approximate surface area is 119 Å². The number of methoxy groups -OCH3 is 2. The highest BCUT2D eigenvalue weighted by Crippen LogP contribution is 2.27. The van der Waals surface area contributed by atoms with Crippen LogP contribution >= 0.6 is 0 Å². The number of ether oxygens (including phenoxy) is 2. The third-order valence-electron chi connectivity index (χ3n) is 2.74. The fourth-order valence-corrected chi connectivity index (χ4v) is 3.43. The van der Waals surface area contributed by atoms with E-state index >= 15 is 0 Å². The number of benzene rings is 1. The average molecular weight is 301 g/mol. The van der Waals surface area contributed by atoms with E-state index in [4.69, 9.17) is 4.74 Å². The maximum Gasteiger partial charge on any atom is 0.321 e. The van der Waals surface area contributed by atoms with Crippen LogP contribution in [-0.2, 0) is 19.6 Å². The van der Waals surface area contributed by atoms with Crippen LogP contribution < -0.4 is 4.74 Å². The molecule has 0 saturated heterocycles. The van der Waals surface area contributed by atoms with Gasteiger partial charge in [0.05, 0.1) is 14.2 Å². The summed E-state index contributed by atoms with van der Waals surface area (Å²) in [7, 11) is -1.22. The first-order chi connectivity index (χ1) is 9.34. The van der Waals surface area contributed by atoms with Gasteiger partial charge >= 0.3 is 5.97 Å². The summed E-state index contributed by atoms with van der Waals surface area (Å²) in [6.07, 6.45) is 0. The van der Waals surface area contributed by atoms with Crippen LogP contribution in [0.4, 0.5) is 0 Å². The smallest absolute Gasteiger partial charge is 0.321 e. The Balaban J connectivity index is 3.26. The van der Waals surface area contributed by atoms with Crippen molar-refractivity contribution >= 4 is 16.0 Å². The van der Waals surface area contributed by atoms with Gasteiger partial charge < -0.3 is 9.47 Å². The van der Waals surface area contributed by atoms with Gasteiger partial charge in [0.1, 0.15) is 17.2 Å². The summed E-state index contributed by atoms with van der Waals surface area (Å²) in [5, 5.41) is 0. The number of hydrogen-bond acceptors (Lipinski definition) is 5. The Morgan fingerprint density at radius 3 is 2.35 bits per heavy atom. The van der Waals surface area contributed by atoms with Crippen molar-refractivity contribution in [2.75, 3.05) is 20.8 Å². The summed E-state index contributed by atoms with van der Waals surface area (Å²) < 4.78 is 36.0. The van der Waals surface area contributed by atoms with Crippen molar-refractivity contribution < 1.29 is 22.7 Å². The van der Waals surface area contributed by atoms with E-state index in [1.165, 1.54) is 20.3 Å². The van der Waals surface area contributed by atoms with Crippen molar-refractivity contribution in [2.45, 2.75) is 24.8 Å². The predicted molar refractivity (Wildman–Crippen MR) is 74.0 cm³/mol. The number of nitrogens with zero attached hydrogens (tertiary/aromatic N) is 1. The molecule has 0 aromatic heterocycles. The molecule has 112 valence electrons. The van der Waals surface area contributed by atoms with E-state index in [-0.39, 0.29) is 23.2 Å². The van der Waals surface area contributed by atoms with Crippen LogP contribution in [0.5, 0.6) is 5.75 Å². The molecule has 0 atom stereocenters. The van der Waals surface area contributed by atoms with E-state index in [1.807, 2.05) is 0 Å². The van der Waals surface area contributed by atoms with Gasteiger partial charge in [0.15, 0.2) is 0 Å². The second kappa shape index (κ2) is 6.71. The van der Waals surface area contributed by atoms with Crippen molar-refractivity contribution in [3.8, 4) is 5.75 Å². The van der Waals surface area contributed by atoms with Gasteiger partial charge in [0.2, 0.25) is 10.0 Å². The number of sulfonamides is 1. The van der Waals surface area contributed by atoms with E-state index in [9.17, 15) is 13.2 Å². The normalized spacial score (nSPS) is 11.7. The van der Waals surface area contributed by atoms with Crippen molar-refractivity contribution in [1.29, 1.82) is 0 Å². The lowest BCUT2D eigenvalue weighted by Gasteiger charge is -2.25. The van der Waals surface area contributed by atoms with Crippen LogP contribution in [-0.4, -0.2) is 45.5 Å². The molecule has 6 nitrogen and oxygen atoms in total. The summed E-state index contributed by atoms with van der Waals surface area (Å²) in [4.78, 5) is 11.4. The molecule has 1 aromatic carbocycles. The van der Waals surface area contributed by atoms with E-state index < -0.39 is 16.0 Å². The third-order valence-corrected chi connectivity index (χ3v) is 4.81. The Morgan fingerprint density at radius 2 is 1.85 bits per heavy atom. The monoisotopic (exact) mass is 301 g/mol. The molecule has 0 N–H and O–H groups in total. The predicted octanol–water partition coefficient (Wildman–Crippen LogP) is 1.27. The zero-order valence-corrected chi connectivity index (χ0v) is 12.8. The van der Waals surface area contributed by atoms with Crippen molar-refractivity contribution in [3.63, 3.8) is 0 Å². The van der Waals surface area contributed by atoms with Gasteiger partial charge in [0, 0.05) is 6.04 Å². The summed E-state index contributed by atoms with van der Waals surface area (Å²) in [6.45, 7) is 3.04. The van der Waals surface area contributed by atoms with E-state index in [0.29, 0.717) is 0 Å². The minimum absolute atomic E-state index is 0.0279. The van der Waals surface area contributed by atoms with Crippen molar-refractivity contribution in [3.05, 3.63) is 24.3 Å². The molecule has 0 unspecified atom stereocenters. The number of esters is 1. The highest BCUT2D eigenvalue weighted by Gasteiger charge is 2.31. The van der Waals surface area contributed by atoms with Gasteiger partial charge in [-0.05, 0) is 26.0 Å². The maximum absolute atomic E-state index is 12.6. The van der Waals surface area contributed by atoms with Crippen LogP contribution in [0.2, 0.25) is 0 Å². The SMILES string of the molecule is COC(=O)CN(C(C)C)S(=O)(=O)c1ccccc1OC. The molecule has 0 fully saturated rings. The molecule has 0 aliphatic rings. The molecular weight excluding hydrogens is 282 g/mol. The van der Waals surface area contributed by atoms with E-state index in [0.717, 1.165) is 4.31 Å². The Hall–Kier alpha value is -1.60. The van der Waals surface area contributed by atoms with Gasteiger partial charge in [-0.3, -0.25) is 4.79 Å². The van der Waals surface area contributed by atoms with Gasteiger partial charge in [-0.1, -0.05) is 12.1 Å². The zero-order valence-electron chi connectivity index (χ0n) is 12.0. The Morgan fingerprint density at radius 1 is 1.25 bits per heavy atom. The molecule has 1 aromatic rings.